The van der Waals surface area contributed by atoms with Gasteiger partial charge in [0.1, 0.15) is 22.3 Å². The Bertz CT molecular complexity index is 500. The van der Waals surface area contributed by atoms with Gasteiger partial charge in [0.05, 0.1) is 5.56 Å². The van der Waals surface area contributed by atoms with Gasteiger partial charge in [-0.3, -0.25) is 4.79 Å². The molecule has 2 rings (SSSR count). The molecule has 1 aromatic heterocycles. The van der Waals surface area contributed by atoms with Gasteiger partial charge in [0, 0.05) is 0 Å². The highest BCUT2D eigenvalue weighted by molar-refractivity contribution is 6.32. The zero-order valence-corrected chi connectivity index (χ0v) is 10.1. The van der Waals surface area contributed by atoms with E-state index >= 15 is 0 Å². The van der Waals surface area contributed by atoms with Crippen LogP contribution in [-0.2, 0) is 0 Å². The number of halogens is 4. The lowest BCUT2D eigenvalue weighted by Crippen LogP contribution is -2.39. The Morgan fingerprint density at radius 1 is 1.39 bits per heavy atom. The van der Waals surface area contributed by atoms with Gasteiger partial charge in [-0.05, 0) is 19.8 Å². The minimum atomic E-state index is -4.39. The lowest BCUT2D eigenvalue weighted by molar-refractivity contribution is -0.151. The number of nitrogens with one attached hydrogen (secondary N) is 1. The van der Waals surface area contributed by atoms with Crippen LogP contribution >= 0.6 is 11.6 Å². The van der Waals surface area contributed by atoms with E-state index in [4.69, 9.17) is 11.6 Å². The van der Waals surface area contributed by atoms with Gasteiger partial charge in [-0.25, -0.2) is 9.97 Å². The first-order valence-electron chi connectivity index (χ1n) is 5.13. The third kappa shape index (κ3) is 2.14. The molecule has 1 aromatic rings. The van der Waals surface area contributed by atoms with Crippen molar-refractivity contribution in [3.05, 3.63) is 16.5 Å². The van der Waals surface area contributed by atoms with Crippen LogP contribution in [0.25, 0.3) is 0 Å². The Kier molecular flexibility index (Phi) is 2.96. The van der Waals surface area contributed by atoms with Crippen molar-refractivity contribution >= 4 is 23.7 Å². The van der Waals surface area contributed by atoms with Gasteiger partial charge in [0.15, 0.2) is 6.29 Å². The Labute approximate surface area is 106 Å². The molecule has 4 nitrogen and oxygen atoms in total. The monoisotopic (exact) mass is 279 g/mol. The van der Waals surface area contributed by atoms with Crippen LogP contribution in [-0.4, -0.2) is 28.0 Å². The van der Waals surface area contributed by atoms with Crippen molar-refractivity contribution in [3.63, 3.8) is 0 Å². The van der Waals surface area contributed by atoms with Crippen molar-refractivity contribution in [1.29, 1.82) is 0 Å². The third-order valence-electron chi connectivity index (χ3n) is 2.78. The maximum absolute atomic E-state index is 12.8. The molecule has 98 valence electrons. The molecule has 0 bridgehead atoms. The molecule has 0 spiro atoms. The summed E-state index contributed by atoms with van der Waals surface area (Å²) in [4.78, 5) is 18.4. The number of carbonyl (C=O) groups is 1. The summed E-state index contributed by atoms with van der Waals surface area (Å²) < 4.78 is 38.4. The van der Waals surface area contributed by atoms with E-state index in [9.17, 15) is 18.0 Å². The minimum absolute atomic E-state index is 0.0462. The largest absolute Gasteiger partial charge is 0.411 e. The first kappa shape index (κ1) is 13.1. The summed E-state index contributed by atoms with van der Waals surface area (Å²) in [7, 11) is 0. The first-order valence-corrected chi connectivity index (χ1v) is 5.51. The molecule has 0 aliphatic heterocycles. The number of rotatable bonds is 3. The van der Waals surface area contributed by atoms with Crippen molar-refractivity contribution < 1.29 is 18.0 Å². The fourth-order valence-corrected chi connectivity index (χ4v) is 1.83. The molecule has 1 fully saturated rings. The van der Waals surface area contributed by atoms with Gasteiger partial charge in [-0.15, -0.1) is 0 Å². The Morgan fingerprint density at radius 2 is 2.00 bits per heavy atom. The second-order valence-corrected chi connectivity index (χ2v) is 4.50. The fraction of sp³-hybridized carbons (Fsp3) is 0.500. The predicted octanol–water partition coefficient (Wildman–Crippen LogP) is 2.76. The zero-order chi connectivity index (χ0) is 13.6. The molecule has 8 heteroatoms. The smallest absolute Gasteiger partial charge is 0.355 e. The van der Waals surface area contributed by atoms with Crippen LogP contribution < -0.4 is 5.32 Å². The van der Waals surface area contributed by atoms with Gasteiger partial charge in [0.25, 0.3) is 0 Å². The van der Waals surface area contributed by atoms with E-state index in [2.05, 4.69) is 15.3 Å². The molecule has 18 heavy (non-hydrogen) atoms. The number of aromatic nitrogens is 2. The summed E-state index contributed by atoms with van der Waals surface area (Å²) in [6.07, 6.45) is -4.14. The molecule has 0 unspecified atom stereocenters. The van der Waals surface area contributed by atoms with Gasteiger partial charge < -0.3 is 5.32 Å². The summed E-state index contributed by atoms with van der Waals surface area (Å²) in [5.74, 6) is 0.0309. The van der Waals surface area contributed by atoms with Crippen molar-refractivity contribution in [3.8, 4) is 0 Å². The van der Waals surface area contributed by atoms with Crippen molar-refractivity contribution in [2.75, 3.05) is 5.32 Å². The number of anilines is 1. The highest BCUT2D eigenvalue weighted by Gasteiger charge is 2.64. The van der Waals surface area contributed by atoms with Crippen molar-refractivity contribution in [2.24, 2.45) is 0 Å². The Balaban J connectivity index is 2.38. The number of aldehydes is 1. The number of alkyl halides is 3. The molecule has 1 aliphatic rings. The number of hydrogen-bond acceptors (Lipinski definition) is 4. The summed E-state index contributed by atoms with van der Waals surface area (Å²) in [5, 5.41) is 2.12. The van der Waals surface area contributed by atoms with E-state index in [1.54, 1.807) is 0 Å². The topological polar surface area (TPSA) is 54.9 Å². The third-order valence-corrected chi connectivity index (χ3v) is 3.07. The molecule has 0 aromatic carbocycles. The summed E-state index contributed by atoms with van der Waals surface area (Å²) in [6, 6.07) is 0. The van der Waals surface area contributed by atoms with Crippen LogP contribution in [0.3, 0.4) is 0 Å². The van der Waals surface area contributed by atoms with E-state index in [1.807, 2.05) is 0 Å². The molecule has 0 radical (unpaired) electrons. The van der Waals surface area contributed by atoms with E-state index in [0.29, 0.717) is 6.29 Å². The van der Waals surface area contributed by atoms with Gasteiger partial charge in [-0.1, -0.05) is 11.6 Å². The molecule has 1 saturated carbocycles. The normalized spacial score (nSPS) is 17.4. The van der Waals surface area contributed by atoms with Crippen LogP contribution in [0.1, 0.15) is 29.0 Å². The van der Waals surface area contributed by atoms with Crippen molar-refractivity contribution in [2.45, 2.75) is 31.5 Å². The van der Waals surface area contributed by atoms with E-state index in [0.717, 1.165) is 0 Å². The maximum atomic E-state index is 12.8. The molecule has 0 amide bonds. The summed E-state index contributed by atoms with van der Waals surface area (Å²) >= 11 is 5.69. The highest BCUT2D eigenvalue weighted by Crippen LogP contribution is 2.51. The van der Waals surface area contributed by atoms with Gasteiger partial charge >= 0.3 is 6.18 Å². The van der Waals surface area contributed by atoms with Crippen LogP contribution in [0.15, 0.2) is 0 Å². The quantitative estimate of drug-likeness (QED) is 0.683. The first-order chi connectivity index (χ1) is 8.29. The lowest BCUT2D eigenvalue weighted by atomic mass is 10.2. The second-order valence-electron chi connectivity index (χ2n) is 4.15. The second kappa shape index (κ2) is 4.08. The van der Waals surface area contributed by atoms with E-state index in [-0.39, 0.29) is 35.2 Å². The standard InChI is InChI=1S/C10H9ClF3N3O/c1-5-15-7(11)6(4-18)8(16-5)17-9(2-3-9)10(12,13)14/h4H,2-3H2,1H3,(H,15,16,17). The average Bonchev–Trinajstić information content (AvgIpc) is 2.97. The predicted molar refractivity (Wildman–Crippen MR) is 58.8 cm³/mol. The number of carbonyl (C=O) groups excluding carboxylic acids is 1. The Hall–Kier alpha value is -1.37. The van der Waals surface area contributed by atoms with Crippen LogP contribution in [0, 0.1) is 6.92 Å². The minimum Gasteiger partial charge on any atom is -0.355 e. The SMILES string of the molecule is Cc1nc(Cl)c(C=O)c(NC2(C(F)(F)F)CC2)n1. The van der Waals surface area contributed by atoms with Crippen LogP contribution in [0.5, 0.6) is 0 Å². The fourth-order valence-electron chi connectivity index (χ4n) is 1.58. The van der Waals surface area contributed by atoms with Gasteiger partial charge in [-0.2, -0.15) is 13.2 Å². The zero-order valence-electron chi connectivity index (χ0n) is 9.31. The summed E-state index contributed by atoms with van der Waals surface area (Å²) in [6.45, 7) is 1.48. The van der Waals surface area contributed by atoms with Crippen molar-refractivity contribution in [1.82, 2.24) is 9.97 Å². The molecule has 1 N–H and O–H groups in total. The summed E-state index contributed by atoms with van der Waals surface area (Å²) in [5.41, 5.74) is -2.15. The number of aryl methyl sites for hydroxylation is 1. The molecule has 0 atom stereocenters. The van der Waals surface area contributed by atoms with E-state index < -0.39 is 11.7 Å². The van der Waals surface area contributed by atoms with Crippen LogP contribution in [0.4, 0.5) is 19.0 Å². The molecule has 1 aliphatic carbocycles. The van der Waals surface area contributed by atoms with Crippen LogP contribution in [0.2, 0.25) is 5.15 Å². The highest BCUT2D eigenvalue weighted by atomic mass is 35.5. The molecule has 1 heterocycles. The lowest BCUT2D eigenvalue weighted by Gasteiger charge is -2.22. The number of nitrogens with zero attached hydrogens (tertiary/aromatic N) is 2. The van der Waals surface area contributed by atoms with Gasteiger partial charge in [0.2, 0.25) is 0 Å². The Morgan fingerprint density at radius 3 is 2.44 bits per heavy atom. The maximum Gasteiger partial charge on any atom is 0.411 e. The molecular formula is C10H9ClF3N3O. The average molecular weight is 280 g/mol. The molecular weight excluding hydrogens is 271 g/mol. The molecule has 0 saturated heterocycles. The number of hydrogen-bond donors (Lipinski definition) is 1. The van der Waals surface area contributed by atoms with E-state index in [1.165, 1.54) is 6.92 Å².